The van der Waals surface area contributed by atoms with Crippen LogP contribution in [0.2, 0.25) is 0 Å². The van der Waals surface area contributed by atoms with Gasteiger partial charge in [-0.1, -0.05) is 52.3 Å². The first-order valence-electron chi connectivity index (χ1n) is 6.44. The van der Waals surface area contributed by atoms with Crippen molar-refractivity contribution in [2.24, 2.45) is 0 Å². The number of halogens is 2. The van der Waals surface area contributed by atoms with Gasteiger partial charge in [0.2, 0.25) is 0 Å². The van der Waals surface area contributed by atoms with Crippen LogP contribution in [0, 0.1) is 3.57 Å². The third-order valence-electron chi connectivity index (χ3n) is 3.57. The van der Waals surface area contributed by atoms with Gasteiger partial charge in [0.05, 0.1) is 11.6 Å². The monoisotopic (exact) mass is 441 g/mol. The van der Waals surface area contributed by atoms with Crippen molar-refractivity contribution in [3.05, 3.63) is 68.8 Å². The Hall–Kier alpha value is -0.880. The van der Waals surface area contributed by atoms with Gasteiger partial charge >= 0.3 is 0 Å². The summed E-state index contributed by atoms with van der Waals surface area (Å²) in [7, 11) is 0. The molecule has 1 aliphatic carbocycles. The van der Waals surface area contributed by atoms with Crippen LogP contribution in [0.25, 0.3) is 0 Å². The topological polar surface area (TPSA) is 29.1 Å². The van der Waals surface area contributed by atoms with Gasteiger partial charge in [0.1, 0.15) is 0 Å². The zero-order valence-electron chi connectivity index (χ0n) is 10.6. The maximum Gasteiger partial charge on any atom is 0.252 e. The summed E-state index contributed by atoms with van der Waals surface area (Å²) < 4.78 is 0.972. The average molecular weight is 442 g/mol. The van der Waals surface area contributed by atoms with Gasteiger partial charge in [0.15, 0.2) is 0 Å². The predicted octanol–water partition coefficient (Wildman–Crippen LogP) is 4.08. The number of nitrogens with one attached hydrogen (secondary N) is 1. The molecule has 2 aromatic rings. The summed E-state index contributed by atoms with van der Waals surface area (Å²) in [6.07, 6.45) is 0.951. The van der Waals surface area contributed by atoms with Crippen LogP contribution in [-0.2, 0) is 6.42 Å². The summed E-state index contributed by atoms with van der Waals surface area (Å²) >= 11 is 5.88. The molecule has 2 nitrogen and oxygen atoms in total. The second kappa shape index (κ2) is 5.85. The molecule has 0 saturated heterocycles. The number of amides is 1. The van der Waals surface area contributed by atoms with Crippen LogP contribution in [0.4, 0.5) is 0 Å². The Bertz CT molecular complexity index is 658. The lowest BCUT2D eigenvalue weighted by atomic mass is 10.1. The van der Waals surface area contributed by atoms with Crippen molar-refractivity contribution < 1.29 is 4.79 Å². The molecule has 0 bridgehead atoms. The third kappa shape index (κ3) is 2.63. The van der Waals surface area contributed by atoms with E-state index in [1.165, 1.54) is 11.1 Å². The maximum atomic E-state index is 12.4. The van der Waals surface area contributed by atoms with Gasteiger partial charge in [0, 0.05) is 8.40 Å². The minimum atomic E-state index is -0.0128. The molecule has 1 amide bonds. The molecule has 102 valence electrons. The fraction of sp³-hybridized carbons (Fsp3) is 0.188. The van der Waals surface area contributed by atoms with E-state index in [0.29, 0.717) is 0 Å². The summed E-state index contributed by atoms with van der Waals surface area (Å²) in [6.45, 7) is 0. The Balaban J connectivity index is 1.85. The molecular weight excluding hydrogens is 429 g/mol. The molecule has 4 heteroatoms. The van der Waals surface area contributed by atoms with Gasteiger partial charge in [-0.05, 0) is 52.3 Å². The fourth-order valence-electron chi connectivity index (χ4n) is 2.58. The number of rotatable bonds is 2. The van der Waals surface area contributed by atoms with E-state index in [2.05, 4.69) is 56.0 Å². The molecular formula is C16H13BrINO. The van der Waals surface area contributed by atoms with E-state index < -0.39 is 0 Å². The second-order valence-electron chi connectivity index (χ2n) is 4.85. The van der Waals surface area contributed by atoms with Gasteiger partial charge in [-0.2, -0.15) is 0 Å². The highest BCUT2D eigenvalue weighted by atomic mass is 127. The van der Waals surface area contributed by atoms with Crippen LogP contribution in [0.3, 0.4) is 0 Å². The quantitative estimate of drug-likeness (QED) is 0.552. The van der Waals surface area contributed by atoms with Crippen LogP contribution in [-0.4, -0.2) is 10.7 Å². The molecule has 0 fully saturated rings. The fourth-order valence-corrected chi connectivity index (χ4v) is 3.98. The molecule has 0 heterocycles. The van der Waals surface area contributed by atoms with E-state index in [0.717, 1.165) is 15.6 Å². The minimum absolute atomic E-state index is 0.0128. The number of alkyl halides is 1. The lowest BCUT2D eigenvalue weighted by Crippen LogP contribution is -2.32. The highest BCUT2D eigenvalue weighted by Crippen LogP contribution is 2.35. The predicted molar refractivity (Wildman–Crippen MR) is 92.2 cm³/mol. The van der Waals surface area contributed by atoms with Crippen molar-refractivity contribution >= 4 is 44.4 Å². The zero-order chi connectivity index (χ0) is 14.1. The lowest BCUT2D eigenvalue weighted by Gasteiger charge is -2.18. The number of carbonyl (C=O) groups is 1. The Morgan fingerprint density at radius 2 is 1.85 bits per heavy atom. The molecule has 3 rings (SSSR count). The number of fused-ring (bicyclic) bond motifs is 1. The van der Waals surface area contributed by atoms with Crippen LogP contribution >= 0.6 is 38.5 Å². The van der Waals surface area contributed by atoms with Gasteiger partial charge in [-0.3, -0.25) is 4.79 Å². The average Bonchev–Trinajstić information content (AvgIpc) is 2.76. The van der Waals surface area contributed by atoms with Crippen molar-refractivity contribution in [3.63, 3.8) is 0 Å². The van der Waals surface area contributed by atoms with E-state index in [-0.39, 0.29) is 16.8 Å². The summed E-state index contributed by atoms with van der Waals surface area (Å²) in [5, 5.41) is 3.15. The Kier molecular flexibility index (Phi) is 4.12. The molecule has 0 aliphatic heterocycles. The molecule has 0 saturated carbocycles. The maximum absolute atomic E-state index is 12.4. The van der Waals surface area contributed by atoms with Crippen LogP contribution < -0.4 is 5.32 Å². The normalized spacial score (nSPS) is 20.5. The van der Waals surface area contributed by atoms with Crippen LogP contribution in [0.1, 0.15) is 27.5 Å². The second-order valence-corrected chi connectivity index (χ2v) is 7.19. The smallest absolute Gasteiger partial charge is 0.252 e. The van der Waals surface area contributed by atoms with Gasteiger partial charge < -0.3 is 5.32 Å². The van der Waals surface area contributed by atoms with E-state index in [4.69, 9.17) is 0 Å². The standard InChI is InChI=1S/C16H13BrINO/c17-13-9-10-5-1-2-6-11(10)15(13)19-16(20)12-7-3-4-8-14(12)18/h1-8,13,15H,9H2,(H,19,20). The molecule has 20 heavy (non-hydrogen) atoms. The molecule has 2 atom stereocenters. The largest absolute Gasteiger partial charge is 0.344 e. The lowest BCUT2D eigenvalue weighted by molar-refractivity contribution is 0.0937. The molecule has 1 N–H and O–H groups in total. The van der Waals surface area contributed by atoms with Gasteiger partial charge in [-0.15, -0.1) is 0 Å². The SMILES string of the molecule is O=C(NC1c2ccccc2CC1Br)c1ccccc1I. The summed E-state index contributed by atoms with van der Waals surface area (Å²) in [5.41, 5.74) is 3.26. The minimum Gasteiger partial charge on any atom is -0.344 e. The summed E-state index contributed by atoms with van der Waals surface area (Å²) in [4.78, 5) is 12.7. The first-order chi connectivity index (χ1) is 9.66. The summed E-state index contributed by atoms with van der Waals surface area (Å²) in [6, 6.07) is 16.0. The van der Waals surface area contributed by atoms with E-state index in [1.54, 1.807) is 0 Å². The first kappa shape index (κ1) is 14.1. The first-order valence-corrected chi connectivity index (χ1v) is 8.43. The van der Waals surface area contributed by atoms with Gasteiger partial charge in [0.25, 0.3) is 5.91 Å². The molecule has 0 spiro atoms. The Morgan fingerprint density at radius 1 is 1.15 bits per heavy atom. The van der Waals surface area contributed by atoms with Crippen molar-refractivity contribution in [1.29, 1.82) is 0 Å². The van der Waals surface area contributed by atoms with Crippen molar-refractivity contribution in [2.75, 3.05) is 0 Å². The molecule has 0 aromatic heterocycles. The molecule has 2 aromatic carbocycles. The van der Waals surface area contributed by atoms with E-state index >= 15 is 0 Å². The molecule has 1 aliphatic rings. The van der Waals surface area contributed by atoms with E-state index in [1.807, 2.05) is 36.4 Å². The summed E-state index contributed by atoms with van der Waals surface area (Å²) in [5.74, 6) is -0.0128. The van der Waals surface area contributed by atoms with Crippen LogP contribution in [0.5, 0.6) is 0 Å². The molecule has 2 unspecified atom stereocenters. The Labute approximate surface area is 140 Å². The number of carbonyl (C=O) groups excluding carboxylic acids is 1. The molecule has 0 radical (unpaired) electrons. The zero-order valence-corrected chi connectivity index (χ0v) is 14.4. The highest BCUT2D eigenvalue weighted by Gasteiger charge is 2.31. The van der Waals surface area contributed by atoms with Crippen molar-refractivity contribution in [3.8, 4) is 0 Å². The van der Waals surface area contributed by atoms with Crippen molar-refractivity contribution in [2.45, 2.75) is 17.3 Å². The highest BCUT2D eigenvalue weighted by molar-refractivity contribution is 14.1. The van der Waals surface area contributed by atoms with E-state index in [9.17, 15) is 4.79 Å². The van der Waals surface area contributed by atoms with Gasteiger partial charge in [-0.25, -0.2) is 0 Å². The number of benzene rings is 2. The number of hydrogen-bond acceptors (Lipinski definition) is 1. The number of hydrogen-bond donors (Lipinski definition) is 1. The third-order valence-corrected chi connectivity index (χ3v) is 5.36. The Morgan fingerprint density at radius 3 is 2.65 bits per heavy atom. The van der Waals surface area contributed by atoms with Crippen LogP contribution in [0.15, 0.2) is 48.5 Å². The van der Waals surface area contributed by atoms with Crippen molar-refractivity contribution in [1.82, 2.24) is 5.32 Å².